The van der Waals surface area contributed by atoms with Crippen molar-refractivity contribution in [2.24, 2.45) is 0 Å². The summed E-state index contributed by atoms with van der Waals surface area (Å²) in [6, 6.07) is 12.2. The van der Waals surface area contributed by atoms with Crippen LogP contribution in [0, 0.1) is 20.8 Å². The molecule has 0 spiro atoms. The minimum atomic E-state index is -4.61. The van der Waals surface area contributed by atoms with Gasteiger partial charge in [-0.15, -0.1) is 0 Å². The fourth-order valence-corrected chi connectivity index (χ4v) is 4.22. The fraction of sp³-hybridized carbons (Fsp3) is 0.320. The molecule has 2 heterocycles. The summed E-state index contributed by atoms with van der Waals surface area (Å²) in [4.78, 5) is 29.5. The number of anilines is 1. The van der Waals surface area contributed by atoms with E-state index < -0.39 is 23.1 Å². The van der Waals surface area contributed by atoms with E-state index in [0.717, 1.165) is 22.5 Å². The lowest BCUT2D eigenvalue weighted by molar-refractivity contribution is -0.137. The molecule has 3 aromatic rings. The molecule has 0 saturated carbocycles. The number of benzene rings is 2. The summed E-state index contributed by atoms with van der Waals surface area (Å²) in [5.41, 5.74) is 1.54. The van der Waals surface area contributed by atoms with E-state index in [2.05, 4.69) is 16.9 Å². The van der Waals surface area contributed by atoms with Gasteiger partial charge < -0.3 is 9.80 Å². The summed E-state index contributed by atoms with van der Waals surface area (Å²) >= 11 is 0. The maximum Gasteiger partial charge on any atom is 0.418 e. The van der Waals surface area contributed by atoms with E-state index in [4.69, 9.17) is 0 Å². The van der Waals surface area contributed by atoms with E-state index in [-0.39, 0.29) is 17.1 Å². The van der Waals surface area contributed by atoms with Gasteiger partial charge in [-0.05, 0) is 50.1 Å². The molecule has 1 amide bonds. The van der Waals surface area contributed by atoms with Crippen LogP contribution >= 0.6 is 0 Å². The van der Waals surface area contributed by atoms with Crippen LogP contribution in [-0.4, -0.2) is 46.8 Å². The van der Waals surface area contributed by atoms with Crippen LogP contribution in [0.15, 0.2) is 53.3 Å². The summed E-state index contributed by atoms with van der Waals surface area (Å²) in [6.45, 7) is 7.49. The molecule has 1 fully saturated rings. The molecule has 0 atom stereocenters. The van der Waals surface area contributed by atoms with Gasteiger partial charge in [-0.1, -0.05) is 24.3 Å². The summed E-state index contributed by atoms with van der Waals surface area (Å²) in [5.74, 6) is -0.580. The maximum absolute atomic E-state index is 13.5. The number of para-hydroxylation sites is 1. The number of aryl methyl sites for hydroxylation is 2. The number of carbonyl (C=O) groups excluding carboxylic acids is 1. The number of hydrogen-bond donors (Lipinski definition) is 0. The van der Waals surface area contributed by atoms with E-state index in [1.165, 1.54) is 41.1 Å². The van der Waals surface area contributed by atoms with Gasteiger partial charge in [0.2, 0.25) is 5.43 Å². The monoisotopic (exact) mass is 470 g/mol. The first-order valence-corrected chi connectivity index (χ1v) is 11.0. The third-order valence-electron chi connectivity index (χ3n) is 6.23. The highest BCUT2D eigenvalue weighted by Crippen LogP contribution is 2.33. The Morgan fingerprint density at radius 1 is 0.912 bits per heavy atom. The quantitative estimate of drug-likeness (QED) is 0.578. The number of nitrogens with zero attached hydrogens (tertiary/aromatic N) is 4. The minimum Gasteiger partial charge on any atom is -0.368 e. The molecule has 1 aromatic heterocycles. The number of rotatable bonds is 3. The van der Waals surface area contributed by atoms with Crippen molar-refractivity contribution in [3.05, 3.63) is 86.8 Å². The molecule has 1 saturated heterocycles. The summed E-state index contributed by atoms with van der Waals surface area (Å²) in [5, 5.41) is 4.09. The normalized spacial score (nSPS) is 14.4. The molecule has 34 heavy (non-hydrogen) atoms. The summed E-state index contributed by atoms with van der Waals surface area (Å²) in [6.07, 6.45) is -4.61. The van der Waals surface area contributed by atoms with Gasteiger partial charge in [0.25, 0.3) is 5.91 Å². The van der Waals surface area contributed by atoms with Crippen LogP contribution < -0.4 is 10.3 Å². The molecule has 0 N–H and O–H groups in total. The van der Waals surface area contributed by atoms with Crippen molar-refractivity contribution in [2.45, 2.75) is 26.9 Å². The van der Waals surface area contributed by atoms with Crippen LogP contribution in [0.5, 0.6) is 0 Å². The first-order valence-electron chi connectivity index (χ1n) is 11.0. The number of aromatic nitrogens is 2. The molecule has 0 bridgehead atoms. The first-order chi connectivity index (χ1) is 16.1. The van der Waals surface area contributed by atoms with Crippen molar-refractivity contribution in [3.63, 3.8) is 0 Å². The highest BCUT2D eigenvalue weighted by atomic mass is 19.4. The zero-order valence-corrected chi connectivity index (χ0v) is 19.2. The van der Waals surface area contributed by atoms with Crippen LogP contribution in [0.2, 0.25) is 0 Å². The predicted octanol–water partition coefficient (Wildman–Crippen LogP) is 4.14. The number of amides is 1. The van der Waals surface area contributed by atoms with E-state index in [9.17, 15) is 22.8 Å². The lowest BCUT2D eigenvalue weighted by Gasteiger charge is -2.36. The zero-order chi connectivity index (χ0) is 24.6. The Labute approximate surface area is 195 Å². The predicted molar refractivity (Wildman–Crippen MR) is 124 cm³/mol. The highest BCUT2D eigenvalue weighted by Gasteiger charge is 2.34. The van der Waals surface area contributed by atoms with Gasteiger partial charge in [-0.25, -0.2) is 4.68 Å². The first kappa shape index (κ1) is 23.5. The van der Waals surface area contributed by atoms with Crippen LogP contribution in [0.25, 0.3) is 5.69 Å². The molecule has 178 valence electrons. The lowest BCUT2D eigenvalue weighted by Crippen LogP contribution is -2.50. The SMILES string of the molecule is Cc1cccc(N2CCN(C(=O)c3nn(-c4ccccc4C(F)(F)F)c(C)cc3=O)CC2)c1C. The van der Waals surface area contributed by atoms with E-state index >= 15 is 0 Å². The Hall–Kier alpha value is -3.62. The number of piperazine rings is 1. The maximum atomic E-state index is 13.5. The topological polar surface area (TPSA) is 58.4 Å². The Morgan fingerprint density at radius 2 is 1.56 bits per heavy atom. The van der Waals surface area contributed by atoms with Crippen molar-refractivity contribution in [2.75, 3.05) is 31.1 Å². The van der Waals surface area contributed by atoms with Gasteiger partial charge in [0.15, 0.2) is 5.69 Å². The fourth-order valence-electron chi connectivity index (χ4n) is 4.22. The zero-order valence-electron chi connectivity index (χ0n) is 19.2. The highest BCUT2D eigenvalue weighted by molar-refractivity contribution is 5.92. The van der Waals surface area contributed by atoms with Crippen LogP contribution in [0.4, 0.5) is 18.9 Å². The summed E-state index contributed by atoms with van der Waals surface area (Å²) < 4.78 is 41.6. The number of hydrogen-bond acceptors (Lipinski definition) is 4. The van der Waals surface area contributed by atoms with Gasteiger partial charge in [0.05, 0.1) is 11.3 Å². The summed E-state index contributed by atoms with van der Waals surface area (Å²) in [7, 11) is 0. The molecule has 6 nitrogen and oxygen atoms in total. The molecule has 0 unspecified atom stereocenters. The van der Waals surface area contributed by atoms with Gasteiger partial charge in [-0.2, -0.15) is 18.3 Å². The number of alkyl halides is 3. The van der Waals surface area contributed by atoms with Gasteiger partial charge >= 0.3 is 6.18 Å². The van der Waals surface area contributed by atoms with E-state index in [1.807, 2.05) is 25.1 Å². The Morgan fingerprint density at radius 3 is 2.24 bits per heavy atom. The molecule has 0 radical (unpaired) electrons. The average molecular weight is 470 g/mol. The van der Waals surface area contributed by atoms with Gasteiger partial charge in [0.1, 0.15) is 0 Å². The van der Waals surface area contributed by atoms with Crippen molar-refractivity contribution in [1.29, 1.82) is 0 Å². The molecule has 1 aliphatic heterocycles. The standard InChI is InChI=1S/C25H25F3N4O2/c1-16-7-6-10-20(18(16)3)30-11-13-31(14-12-30)24(34)23-22(33)15-17(2)32(29-23)21-9-5-4-8-19(21)25(26,27)28/h4-10,15H,11-14H2,1-3H3. The molecule has 9 heteroatoms. The van der Waals surface area contributed by atoms with Crippen LogP contribution in [0.3, 0.4) is 0 Å². The van der Waals surface area contributed by atoms with Crippen LogP contribution in [0.1, 0.15) is 32.9 Å². The second-order valence-electron chi connectivity index (χ2n) is 8.42. The van der Waals surface area contributed by atoms with Gasteiger partial charge in [-0.3, -0.25) is 9.59 Å². The van der Waals surface area contributed by atoms with E-state index in [1.54, 1.807) is 0 Å². The average Bonchev–Trinajstić information content (AvgIpc) is 2.80. The van der Waals surface area contributed by atoms with Crippen molar-refractivity contribution >= 4 is 11.6 Å². The number of halogens is 3. The lowest BCUT2D eigenvalue weighted by atomic mass is 10.1. The number of carbonyl (C=O) groups is 1. The largest absolute Gasteiger partial charge is 0.418 e. The molecule has 2 aromatic carbocycles. The Bertz CT molecular complexity index is 1290. The smallest absolute Gasteiger partial charge is 0.368 e. The third-order valence-corrected chi connectivity index (χ3v) is 6.23. The van der Waals surface area contributed by atoms with Crippen molar-refractivity contribution in [1.82, 2.24) is 14.7 Å². The third kappa shape index (κ3) is 4.42. The molecule has 0 aliphatic carbocycles. The minimum absolute atomic E-state index is 0.206. The van der Waals surface area contributed by atoms with Crippen molar-refractivity contribution < 1.29 is 18.0 Å². The molecule has 4 rings (SSSR count). The second-order valence-corrected chi connectivity index (χ2v) is 8.42. The van der Waals surface area contributed by atoms with E-state index in [0.29, 0.717) is 26.2 Å². The van der Waals surface area contributed by atoms with Gasteiger partial charge in [0, 0.05) is 43.6 Å². The molecular formula is C25H25F3N4O2. The molecular weight excluding hydrogens is 445 g/mol. The Kier molecular flexibility index (Phi) is 6.20. The van der Waals surface area contributed by atoms with Crippen molar-refractivity contribution in [3.8, 4) is 5.69 Å². The Balaban J connectivity index is 1.61. The van der Waals surface area contributed by atoms with Crippen LogP contribution in [-0.2, 0) is 6.18 Å². The molecule has 1 aliphatic rings. The second kappa shape index (κ2) is 8.96.